The molecule has 6 rings (SSSR count). The minimum absolute atomic E-state index is 0.00578. The van der Waals surface area contributed by atoms with Gasteiger partial charge in [-0.15, -0.1) is 0 Å². The normalized spacial score (nSPS) is 16.1. The van der Waals surface area contributed by atoms with E-state index in [2.05, 4.69) is 19.5 Å². The van der Waals surface area contributed by atoms with E-state index in [4.69, 9.17) is 87.6 Å². The van der Waals surface area contributed by atoms with Crippen LogP contribution in [0.5, 0.6) is 17.4 Å². The van der Waals surface area contributed by atoms with Crippen LogP contribution in [0.3, 0.4) is 0 Å². The van der Waals surface area contributed by atoms with Crippen molar-refractivity contribution in [3.05, 3.63) is 86.5 Å². The molecule has 3 heterocycles. The van der Waals surface area contributed by atoms with E-state index in [-0.39, 0.29) is 110 Å². The van der Waals surface area contributed by atoms with Crippen molar-refractivity contribution in [1.82, 2.24) is 35.9 Å². The molecule has 436 valence electrons. The lowest BCUT2D eigenvalue weighted by molar-refractivity contribution is -0.492. The molecule has 2 aliphatic heterocycles. The average Bonchev–Trinajstić information content (AvgIpc) is 4.29. The van der Waals surface area contributed by atoms with Crippen LogP contribution < -0.4 is 14.2 Å². The summed E-state index contributed by atoms with van der Waals surface area (Å²) < 4.78 is 39.4. The number of amides is 3. The summed E-state index contributed by atoms with van der Waals surface area (Å²) in [4.78, 5) is 78.8. The van der Waals surface area contributed by atoms with Gasteiger partial charge in [-0.3, -0.25) is 55.5 Å². The second kappa shape index (κ2) is 31.8. The SMILES string of the molecule is Cc1cc(Cl)c(OCCOc2ccc(C3=C(C(=O)N(Cc4ccnc(OCCOC(=O)OCCCCON(O)O)c4C)C4CC4)C4CN(C(=O)OCCCCON(O)O)CC(C3)N4C(=O)OCCCCON(O)O)cc2)c(Cl)c1. The predicted octanol–water partition coefficient (Wildman–Crippen LogP) is 7.35. The molecule has 2 atom stereocenters. The van der Waals surface area contributed by atoms with Crippen LogP contribution in [0, 0.1) is 13.8 Å². The van der Waals surface area contributed by atoms with E-state index in [9.17, 15) is 14.4 Å². The van der Waals surface area contributed by atoms with Crippen LogP contribution in [-0.2, 0) is 44.8 Å². The van der Waals surface area contributed by atoms with Gasteiger partial charge in [-0.25, -0.2) is 19.4 Å². The van der Waals surface area contributed by atoms with Crippen LogP contribution in [0.4, 0.5) is 14.4 Å². The van der Waals surface area contributed by atoms with Crippen molar-refractivity contribution < 1.29 is 98.1 Å². The fourth-order valence-electron chi connectivity index (χ4n) is 8.72. The number of rotatable bonds is 32. The molecule has 2 unspecified atom stereocenters. The number of unbranched alkanes of at least 4 members (excludes halogenated alkanes) is 3. The second-order valence-corrected chi connectivity index (χ2v) is 19.1. The zero-order valence-electron chi connectivity index (χ0n) is 43.7. The van der Waals surface area contributed by atoms with Gasteiger partial charge in [-0.2, -0.15) is 0 Å². The number of pyridine rings is 1. The van der Waals surface area contributed by atoms with Crippen LogP contribution in [0.25, 0.3) is 5.57 Å². The Morgan fingerprint density at radius 2 is 1.19 bits per heavy atom. The molecular weight excluding hydrogens is 1090 g/mol. The number of nitrogens with zero attached hydrogens (tertiary/aromatic N) is 7. The lowest BCUT2D eigenvalue weighted by Crippen LogP contribution is -2.65. The van der Waals surface area contributed by atoms with Gasteiger partial charge in [0.05, 0.1) is 77.9 Å². The highest BCUT2D eigenvalue weighted by atomic mass is 35.5. The Balaban J connectivity index is 1.24. The number of piperazine rings is 1. The fourth-order valence-corrected chi connectivity index (χ4v) is 9.42. The van der Waals surface area contributed by atoms with Crippen molar-refractivity contribution in [3.63, 3.8) is 0 Å². The molecule has 1 aromatic heterocycles. The van der Waals surface area contributed by atoms with Crippen LogP contribution >= 0.6 is 23.2 Å². The maximum Gasteiger partial charge on any atom is 0.508 e. The number of hydrogen-bond donors (Lipinski definition) is 6. The van der Waals surface area contributed by atoms with Gasteiger partial charge in [-0.05, 0) is 124 Å². The third kappa shape index (κ3) is 19.7. The van der Waals surface area contributed by atoms with Gasteiger partial charge in [0, 0.05) is 43.0 Å². The molecule has 3 amide bonds. The summed E-state index contributed by atoms with van der Waals surface area (Å²) in [7, 11) is 0. The maximum atomic E-state index is 15.7. The fraction of sp³-hybridized carbons (Fsp3) is 0.540. The minimum atomic E-state index is -1.05. The summed E-state index contributed by atoms with van der Waals surface area (Å²) in [6.45, 7) is 3.41. The van der Waals surface area contributed by atoms with E-state index in [1.165, 1.54) is 16.0 Å². The van der Waals surface area contributed by atoms with Gasteiger partial charge in [0.2, 0.25) is 5.88 Å². The quantitative estimate of drug-likeness (QED) is 0.0154. The first-order chi connectivity index (χ1) is 38.0. The summed E-state index contributed by atoms with van der Waals surface area (Å²) in [5.41, 5.74) is 3.76. The molecule has 6 N–H and O–H groups in total. The Kier molecular flexibility index (Phi) is 25.1. The molecular formula is C50H67Cl2N7O20. The van der Waals surface area contributed by atoms with Crippen molar-refractivity contribution >= 4 is 53.0 Å². The van der Waals surface area contributed by atoms with Gasteiger partial charge in [0.25, 0.3) is 5.91 Å². The third-order valence-corrected chi connectivity index (χ3v) is 13.2. The number of carbonyl (C=O) groups excluding carboxylic acids is 4. The summed E-state index contributed by atoms with van der Waals surface area (Å²) in [6, 6.07) is 10.5. The first-order valence-corrected chi connectivity index (χ1v) is 26.3. The monoisotopic (exact) mass is 1160 g/mol. The number of benzene rings is 2. The molecule has 2 fully saturated rings. The topological polar surface area (TPSA) is 314 Å². The molecule has 1 saturated heterocycles. The molecule has 0 radical (unpaired) electrons. The van der Waals surface area contributed by atoms with E-state index in [0.29, 0.717) is 95.2 Å². The molecule has 2 bridgehead atoms. The lowest BCUT2D eigenvalue weighted by Gasteiger charge is -2.50. The van der Waals surface area contributed by atoms with E-state index < -0.39 is 52.5 Å². The predicted molar refractivity (Wildman–Crippen MR) is 271 cm³/mol. The van der Waals surface area contributed by atoms with Crippen LogP contribution in [-0.4, -0.2) is 189 Å². The van der Waals surface area contributed by atoms with Gasteiger partial charge >= 0.3 is 18.3 Å². The number of aryl methyl sites for hydroxylation is 1. The van der Waals surface area contributed by atoms with Crippen molar-refractivity contribution in [2.24, 2.45) is 0 Å². The molecule has 29 heteroatoms. The van der Waals surface area contributed by atoms with Crippen molar-refractivity contribution in [2.45, 2.75) is 96.3 Å². The van der Waals surface area contributed by atoms with Crippen LogP contribution in [0.2, 0.25) is 10.0 Å². The molecule has 3 aliphatic rings. The van der Waals surface area contributed by atoms with Gasteiger partial charge in [0.15, 0.2) is 5.75 Å². The van der Waals surface area contributed by atoms with E-state index in [0.717, 1.165) is 5.56 Å². The number of hydrogen-bond acceptors (Lipinski definition) is 24. The lowest BCUT2D eigenvalue weighted by atomic mass is 9.81. The van der Waals surface area contributed by atoms with E-state index in [1.807, 2.05) is 19.1 Å². The number of halogens is 2. The van der Waals surface area contributed by atoms with Gasteiger partial charge in [0.1, 0.15) is 32.2 Å². The van der Waals surface area contributed by atoms with Crippen molar-refractivity contribution in [2.75, 3.05) is 79.2 Å². The van der Waals surface area contributed by atoms with E-state index >= 15 is 4.79 Å². The molecule has 79 heavy (non-hydrogen) atoms. The molecule has 3 aromatic rings. The second-order valence-electron chi connectivity index (χ2n) is 18.3. The van der Waals surface area contributed by atoms with Gasteiger partial charge < -0.3 is 43.0 Å². The molecule has 1 aliphatic carbocycles. The third-order valence-electron chi connectivity index (χ3n) is 12.6. The highest BCUT2D eigenvalue weighted by molar-refractivity contribution is 6.37. The maximum absolute atomic E-state index is 15.7. The number of carbonyl (C=O) groups is 4. The zero-order valence-corrected chi connectivity index (χ0v) is 45.2. The van der Waals surface area contributed by atoms with Gasteiger partial charge in [-0.1, -0.05) is 35.3 Å². The number of fused-ring (bicyclic) bond motifs is 2. The Morgan fingerprint density at radius 3 is 1.78 bits per heavy atom. The largest absolute Gasteiger partial charge is 0.508 e. The van der Waals surface area contributed by atoms with Crippen molar-refractivity contribution in [3.8, 4) is 17.4 Å². The van der Waals surface area contributed by atoms with Crippen molar-refractivity contribution in [1.29, 1.82) is 0 Å². The zero-order chi connectivity index (χ0) is 56.8. The first kappa shape index (κ1) is 62.3. The van der Waals surface area contributed by atoms with Crippen LogP contribution in [0.15, 0.2) is 54.2 Å². The number of ether oxygens (including phenoxy) is 7. The highest BCUT2D eigenvalue weighted by Gasteiger charge is 2.50. The summed E-state index contributed by atoms with van der Waals surface area (Å²) >= 11 is 12.7. The first-order valence-electron chi connectivity index (χ1n) is 25.5. The number of aromatic nitrogens is 1. The van der Waals surface area contributed by atoms with E-state index in [1.54, 1.807) is 42.2 Å². The average molecular weight is 1160 g/mol. The minimum Gasteiger partial charge on any atom is -0.490 e. The molecule has 0 spiro atoms. The Hall–Kier alpha value is -5.89. The van der Waals surface area contributed by atoms with Crippen LogP contribution in [0.1, 0.15) is 80.0 Å². The standard InChI is InChI=1S/C50H67Cl2N7O20/c1-33-27-41(51)45(42(52)28-33)71-24-23-70-39-13-9-35(10-14-39)40-29-38-31-54(48(61)73-17-3-6-20-77-57(64)65)32-43(56(38)49(62)74-18-4-7-21-78-58(66)67)44(40)47(60)55(37-11-12-37)30-36-15-16-53-46(34(36)2)72-25-26-76-50(63)75-19-5-8-22-79-59(68)69/h9-10,13-16,27-28,37-38,43,64-69H,3-8,11-12,17-26,29-32H2,1-2H3. The summed E-state index contributed by atoms with van der Waals surface area (Å²) in [5, 5.41) is 52.3. The molecule has 27 nitrogen and oxygen atoms in total. The smallest absolute Gasteiger partial charge is 0.490 e. The molecule has 1 saturated carbocycles. The summed E-state index contributed by atoms with van der Waals surface area (Å²) in [5.74, 6) is 0.689. The summed E-state index contributed by atoms with van der Waals surface area (Å²) in [6.07, 6.45) is 2.69. The molecule has 2 aromatic carbocycles. The Bertz CT molecular complexity index is 2470. The Labute approximate surface area is 464 Å². The highest BCUT2D eigenvalue weighted by Crippen LogP contribution is 2.42. The Morgan fingerprint density at radius 1 is 0.646 bits per heavy atom.